The number of carbonyl (C=O) groups excluding carboxylic acids is 1. The maximum Gasteiger partial charge on any atom is 0.165 e. The van der Waals surface area contributed by atoms with Gasteiger partial charge in [-0.25, -0.2) is 0 Å². The van der Waals surface area contributed by atoms with Gasteiger partial charge in [-0.3, -0.25) is 4.79 Å². The zero-order valence-electron chi connectivity index (χ0n) is 15.9. The fraction of sp³-hybridized carbons (Fsp3) is 0.318. The van der Waals surface area contributed by atoms with E-state index in [1.54, 1.807) is 7.11 Å². The van der Waals surface area contributed by atoms with E-state index in [4.69, 9.17) is 10.5 Å². The van der Waals surface area contributed by atoms with Crippen molar-refractivity contribution in [3.63, 3.8) is 0 Å². The summed E-state index contributed by atoms with van der Waals surface area (Å²) in [5.41, 5.74) is 11.0. The topological polar surface area (TPSA) is 89.5 Å². The van der Waals surface area contributed by atoms with Gasteiger partial charge in [0.15, 0.2) is 5.78 Å². The van der Waals surface area contributed by atoms with Crippen molar-refractivity contribution in [1.82, 2.24) is 4.57 Å². The number of aromatic nitrogens is 1. The average Bonchev–Trinajstić information content (AvgIpc) is 3.03. The number of nitrogens with zero attached hydrogens (tertiary/aromatic N) is 1. The summed E-state index contributed by atoms with van der Waals surface area (Å²) in [7, 11) is 1.64. The molecule has 0 fully saturated rings. The molecule has 1 aromatic heterocycles. The summed E-state index contributed by atoms with van der Waals surface area (Å²) in [5, 5.41) is 14.2. The molecule has 0 saturated carbocycles. The van der Waals surface area contributed by atoms with Gasteiger partial charge in [0, 0.05) is 53.7 Å². The number of benzene rings is 2. The van der Waals surface area contributed by atoms with Crippen LogP contribution >= 0.6 is 0 Å². The first-order valence-corrected chi connectivity index (χ1v) is 9.58. The number of aliphatic hydroxyl groups is 1. The Hall–Kier alpha value is -2.67. The molecule has 0 radical (unpaired) electrons. The van der Waals surface area contributed by atoms with Crippen molar-refractivity contribution >= 4 is 22.4 Å². The number of Topliss-reactive ketones (excluding diaryl/α,β-unsaturated/α-hetero) is 1. The maximum atomic E-state index is 12.6. The Morgan fingerprint density at radius 3 is 2.86 bits per heavy atom. The smallest absolute Gasteiger partial charge is 0.165 e. The number of ether oxygens (including phenoxy) is 1. The Bertz CT molecular complexity index is 1020. The fourth-order valence-corrected chi connectivity index (χ4v) is 4.06. The molecule has 1 aliphatic rings. The summed E-state index contributed by atoms with van der Waals surface area (Å²) in [6.45, 7) is 1.14. The lowest BCUT2D eigenvalue weighted by Gasteiger charge is -2.19. The first-order valence-electron chi connectivity index (χ1n) is 9.58. The molecule has 0 bridgehead atoms. The van der Waals surface area contributed by atoms with Crippen LogP contribution in [0.4, 0.5) is 5.69 Å². The van der Waals surface area contributed by atoms with Crippen LogP contribution in [0, 0.1) is 0 Å². The Labute approximate surface area is 163 Å². The van der Waals surface area contributed by atoms with Gasteiger partial charge >= 0.3 is 0 Å². The molecule has 0 spiro atoms. The third-order valence-corrected chi connectivity index (χ3v) is 5.30. The van der Waals surface area contributed by atoms with E-state index in [0.717, 1.165) is 46.4 Å². The van der Waals surface area contributed by atoms with Gasteiger partial charge in [-0.1, -0.05) is 24.3 Å². The lowest BCUT2D eigenvalue weighted by atomic mass is 9.94. The fourth-order valence-electron chi connectivity index (χ4n) is 4.06. The van der Waals surface area contributed by atoms with E-state index in [0.29, 0.717) is 25.1 Å². The number of para-hydroxylation sites is 1. The van der Waals surface area contributed by atoms with Crippen LogP contribution in [-0.2, 0) is 11.2 Å². The molecule has 4 rings (SSSR count). The van der Waals surface area contributed by atoms with Crippen molar-refractivity contribution in [1.29, 1.82) is 0 Å². The van der Waals surface area contributed by atoms with E-state index >= 15 is 0 Å². The van der Waals surface area contributed by atoms with Crippen LogP contribution in [0.25, 0.3) is 16.6 Å². The molecule has 0 saturated heterocycles. The molecular weight excluding hydrogens is 354 g/mol. The van der Waals surface area contributed by atoms with Gasteiger partial charge in [-0.15, -0.1) is 0 Å². The SMILES string of the molecule is COCCNc1cc(-n2c3c(c4ccccc42)C(=O)CCC3)ccc1C(N)O. The number of carbonyl (C=O) groups is 1. The van der Waals surface area contributed by atoms with Gasteiger partial charge in [-0.05, 0) is 31.0 Å². The molecular formula is C22H25N3O3. The minimum absolute atomic E-state index is 0.212. The number of hydrogen-bond donors (Lipinski definition) is 3. The van der Waals surface area contributed by atoms with Gasteiger partial charge in [0.2, 0.25) is 0 Å². The van der Waals surface area contributed by atoms with Gasteiger partial charge in [-0.2, -0.15) is 0 Å². The van der Waals surface area contributed by atoms with Gasteiger partial charge in [0.05, 0.1) is 12.1 Å². The molecule has 0 amide bonds. The molecule has 2 aromatic carbocycles. The van der Waals surface area contributed by atoms with E-state index in [-0.39, 0.29) is 5.78 Å². The maximum absolute atomic E-state index is 12.6. The number of anilines is 1. The van der Waals surface area contributed by atoms with Gasteiger partial charge in [0.25, 0.3) is 0 Å². The van der Waals surface area contributed by atoms with Crippen LogP contribution in [0.15, 0.2) is 42.5 Å². The summed E-state index contributed by atoms with van der Waals surface area (Å²) in [6, 6.07) is 13.8. The number of rotatable bonds is 6. The molecule has 1 unspecified atom stereocenters. The normalized spacial score (nSPS) is 14.9. The Balaban J connectivity index is 1.89. The number of hydrogen-bond acceptors (Lipinski definition) is 5. The predicted octanol–water partition coefficient (Wildman–Crippen LogP) is 3.16. The number of nitrogens with one attached hydrogen (secondary N) is 1. The Morgan fingerprint density at radius 2 is 2.07 bits per heavy atom. The molecule has 4 N–H and O–H groups in total. The van der Waals surface area contributed by atoms with Crippen LogP contribution in [0.2, 0.25) is 0 Å². The van der Waals surface area contributed by atoms with Crippen LogP contribution in [0.1, 0.15) is 40.7 Å². The lowest BCUT2D eigenvalue weighted by Crippen LogP contribution is -2.16. The van der Waals surface area contributed by atoms with Gasteiger partial charge in [0.1, 0.15) is 6.23 Å². The van der Waals surface area contributed by atoms with E-state index in [1.165, 1.54) is 0 Å². The summed E-state index contributed by atoms with van der Waals surface area (Å²) in [6.07, 6.45) is 1.25. The summed E-state index contributed by atoms with van der Waals surface area (Å²) >= 11 is 0. The zero-order chi connectivity index (χ0) is 19.7. The number of nitrogens with two attached hydrogens (primary N) is 1. The highest BCUT2D eigenvalue weighted by atomic mass is 16.5. The number of fused-ring (bicyclic) bond motifs is 3. The minimum atomic E-state index is -1.07. The lowest BCUT2D eigenvalue weighted by molar-refractivity contribution is 0.0973. The van der Waals surface area contributed by atoms with Crippen molar-refractivity contribution in [2.45, 2.75) is 25.5 Å². The van der Waals surface area contributed by atoms with Crippen molar-refractivity contribution in [3.05, 3.63) is 59.3 Å². The Kier molecular flexibility index (Phi) is 5.17. The highest BCUT2D eigenvalue weighted by Crippen LogP contribution is 2.35. The number of methoxy groups -OCH3 is 1. The van der Waals surface area contributed by atoms with Crippen molar-refractivity contribution < 1.29 is 14.6 Å². The first-order chi connectivity index (χ1) is 13.6. The number of aliphatic hydroxyl groups excluding tert-OH is 1. The van der Waals surface area contributed by atoms with Crippen LogP contribution < -0.4 is 11.1 Å². The average molecular weight is 379 g/mol. The molecule has 6 heteroatoms. The molecule has 28 heavy (non-hydrogen) atoms. The standard InChI is InChI=1S/C22H25N3O3/c1-28-12-11-24-17-13-14(9-10-15(17)22(23)27)25-18-6-3-2-5-16(18)21-19(25)7-4-8-20(21)26/h2-3,5-6,9-10,13,22,24,27H,4,7-8,11-12,23H2,1H3. The predicted molar refractivity (Wildman–Crippen MR) is 110 cm³/mol. The third-order valence-electron chi connectivity index (χ3n) is 5.30. The van der Waals surface area contributed by atoms with Crippen molar-refractivity contribution in [2.24, 2.45) is 5.73 Å². The largest absolute Gasteiger partial charge is 0.383 e. The van der Waals surface area contributed by atoms with E-state index < -0.39 is 6.23 Å². The molecule has 1 heterocycles. The summed E-state index contributed by atoms with van der Waals surface area (Å²) in [5.74, 6) is 0.212. The van der Waals surface area contributed by atoms with E-state index in [2.05, 4.69) is 9.88 Å². The minimum Gasteiger partial charge on any atom is -0.383 e. The molecule has 1 atom stereocenters. The summed E-state index contributed by atoms with van der Waals surface area (Å²) < 4.78 is 7.27. The van der Waals surface area contributed by atoms with Crippen molar-refractivity contribution in [3.8, 4) is 5.69 Å². The van der Waals surface area contributed by atoms with Crippen molar-refractivity contribution in [2.75, 3.05) is 25.6 Å². The highest BCUT2D eigenvalue weighted by molar-refractivity contribution is 6.10. The summed E-state index contributed by atoms with van der Waals surface area (Å²) in [4.78, 5) is 12.6. The number of ketones is 1. The van der Waals surface area contributed by atoms with E-state index in [1.807, 2.05) is 42.5 Å². The van der Waals surface area contributed by atoms with E-state index in [9.17, 15) is 9.90 Å². The monoisotopic (exact) mass is 379 g/mol. The van der Waals surface area contributed by atoms with Gasteiger partial charge < -0.3 is 25.5 Å². The molecule has 3 aromatic rings. The molecule has 6 nitrogen and oxygen atoms in total. The van der Waals surface area contributed by atoms with Crippen LogP contribution in [-0.4, -0.2) is 35.7 Å². The molecule has 1 aliphatic carbocycles. The second-order valence-electron chi connectivity index (χ2n) is 7.09. The second kappa shape index (κ2) is 7.75. The second-order valence-corrected chi connectivity index (χ2v) is 7.09. The van der Waals surface area contributed by atoms with Crippen LogP contribution in [0.3, 0.4) is 0 Å². The molecule has 0 aliphatic heterocycles. The third kappa shape index (κ3) is 3.20. The Morgan fingerprint density at radius 1 is 1.25 bits per heavy atom. The zero-order valence-corrected chi connectivity index (χ0v) is 15.9. The first kappa shape index (κ1) is 18.7. The quantitative estimate of drug-likeness (QED) is 0.452. The van der Waals surface area contributed by atoms with Crippen LogP contribution in [0.5, 0.6) is 0 Å². The highest BCUT2D eigenvalue weighted by Gasteiger charge is 2.26. The molecule has 146 valence electrons.